The maximum Gasteiger partial charge on any atom is 0.251 e. The highest BCUT2D eigenvalue weighted by Crippen LogP contribution is 2.17. The van der Waals surface area contributed by atoms with Crippen molar-refractivity contribution in [2.45, 2.75) is 46.6 Å². The van der Waals surface area contributed by atoms with Crippen molar-refractivity contribution in [3.8, 4) is 0 Å². The molecule has 0 aliphatic carbocycles. The summed E-state index contributed by atoms with van der Waals surface area (Å²) in [4.78, 5) is 23.9. The number of anilines is 1. The van der Waals surface area contributed by atoms with Gasteiger partial charge in [-0.05, 0) is 36.5 Å². The largest absolute Gasteiger partial charge is 0.396 e. The molecule has 0 aromatic heterocycles. The first-order valence-electron chi connectivity index (χ1n) is 8.25. The number of nitrogens with one attached hydrogen (secondary N) is 2. The van der Waals surface area contributed by atoms with Crippen molar-refractivity contribution >= 4 is 17.5 Å². The lowest BCUT2D eigenvalue weighted by Crippen LogP contribution is -2.39. The van der Waals surface area contributed by atoms with E-state index < -0.39 is 11.7 Å². The van der Waals surface area contributed by atoms with Crippen LogP contribution in [-0.4, -0.2) is 29.6 Å². The van der Waals surface area contributed by atoms with Crippen molar-refractivity contribution in [2.24, 2.45) is 11.8 Å². The minimum absolute atomic E-state index is 0.0295. The Labute approximate surface area is 142 Å². The van der Waals surface area contributed by atoms with Crippen molar-refractivity contribution in [1.82, 2.24) is 5.32 Å². The van der Waals surface area contributed by atoms with Crippen LogP contribution in [0, 0.1) is 17.7 Å². The van der Waals surface area contributed by atoms with Crippen molar-refractivity contribution in [3.63, 3.8) is 0 Å². The lowest BCUT2D eigenvalue weighted by atomic mass is 10.0. The predicted octanol–water partition coefficient (Wildman–Crippen LogP) is 2.95. The average Bonchev–Trinajstić information content (AvgIpc) is 2.47. The van der Waals surface area contributed by atoms with E-state index in [0.29, 0.717) is 12.8 Å². The number of rotatable bonds is 8. The molecule has 1 aromatic rings. The smallest absolute Gasteiger partial charge is 0.251 e. The van der Waals surface area contributed by atoms with E-state index in [1.807, 2.05) is 27.7 Å². The summed E-state index contributed by atoms with van der Waals surface area (Å²) in [6.45, 7) is 7.66. The van der Waals surface area contributed by atoms with Gasteiger partial charge in [0.05, 0.1) is 5.69 Å². The monoisotopic (exact) mass is 338 g/mol. The Morgan fingerprint density at radius 3 is 2.38 bits per heavy atom. The van der Waals surface area contributed by atoms with Crippen LogP contribution in [0.5, 0.6) is 0 Å². The van der Waals surface area contributed by atoms with E-state index in [2.05, 4.69) is 10.6 Å². The molecule has 0 fully saturated rings. The molecule has 6 heteroatoms. The van der Waals surface area contributed by atoms with Gasteiger partial charge in [0.25, 0.3) is 5.91 Å². The number of hydrogen-bond acceptors (Lipinski definition) is 3. The second-order valence-corrected chi connectivity index (χ2v) is 6.68. The highest BCUT2D eigenvalue weighted by atomic mass is 19.1. The molecule has 1 aromatic carbocycles. The number of aliphatic hydroxyl groups excluding tert-OH is 1. The number of halogens is 1. The predicted molar refractivity (Wildman–Crippen MR) is 92.3 cm³/mol. The number of aliphatic hydroxyl groups is 1. The third kappa shape index (κ3) is 6.28. The lowest BCUT2D eigenvalue weighted by molar-refractivity contribution is -0.116. The quantitative estimate of drug-likeness (QED) is 0.682. The molecule has 1 atom stereocenters. The van der Waals surface area contributed by atoms with E-state index in [-0.39, 0.29) is 41.6 Å². The number of carbonyl (C=O) groups is 2. The summed E-state index contributed by atoms with van der Waals surface area (Å²) in [5, 5.41) is 14.3. The standard InChI is InChI=1S/C18H27FN2O3/c1-11(2)9-17(23)20-16-6-5-13(10-14(16)19)18(24)21-15(7-8-22)12(3)4/h5-6,10-12,15,22H,7-9H2,1-4H3,(H,20,23)(H,21,24). The molecule has 3 N–H and O–H groups in total. The molecule has 1 unspecified atom stereocenters. The third-order valence-corrected chi connectivity index (χ3v) is 3.66. The fourth-order valence-electron chi connectivity index (χ4n) is 2.29. The Balaban J connectivity index is 2.79. The second kappa shape index (κ2) is 9.37. The molecule has 0 saturated heterocycles. The Morgan fingerprint density at radius 1 is 1.21 bits per heavy atom. The Morgan fingerprint density at radius 2 is 1.88 bits per heavy atom. The van der Waals surface area contributed by atoms with Crippen LogP contribution in [0.3, 0.4) is 0 Å². The van der Waals surface area contributed by atoms with Gasteiger partial charge in [-0.1, -0.05) is 27.7 Å². The van der Waals surface area contributed by atoms with E-state index in [0.717, 1.165) is 6.07 Å². The molecule has 0 radical (unpaired) electrons. The Kier molecular flexibility index (Phi) is 7.85. The summed E-state index contributed by atoms with van der Waals surface area (Å²) >= 11 is 0. The normalized spacial score (nSPS) is 12.3. The first-order valence-corrected chi connectivity index (χ1v) is 8.25. The fraction of sp³-hybridized carbons (Fsp3) is 0.556. The van der Waals surface area contributed by atoms with E-state index in [1.165, 1.54) is 12.1 Å². The molecule has 134 valence electrons. The molecule has 5 nitrogen and oxygen atoms in total. The molecular weight excluding hydrogens is 311 g/mol. The van der Waals surface area contributed by atoms with E-state index >= 15 is 0 Å². The maximum absolute atomic E-state index is 14.1. The molecule has 2 amide bonds. The summed E-state index contributed by atoms with van der Waals surface area (Å²) in [6.07, 6.45) is 0.744. The number of hydrogen-bond donors (Lipinski definition) is 3. The third-order valence-electron chi connectivity index (χ3n) is 3.66. The summed E-state index contributed by atoms with van der Waals surface area (Å²) in [7, 11) is 0. The zero-order valence-electron chi connectivity index (χ0n) is 14.7. The summed E-state index contributed by atoms with van der Waals surface area (Å²) < 4.78 is 14.1. The van der Waals surface area contributed by atoms with Gasteiger partial charge >= 0.3 is 0 Å². The fourth-order valence-corrected chi connectivity index (χ4v) is 2.29. The molecule has 24 heavy (non-hydrogen) atoms. The molecule has 1 rings (SSSR count). The topological polar surface area (TPSA) is 78.4 Å². The van der Waals surface area contributed by atoms with Crippen LogP contribution in [-0.2, 0) is 4.79 Å². The van der Waals surface area contributed by atoms with Crippen LogP contribution in [0.4, 0.5) is 10.1 Å². The van der Waals surface area contributed by atoms with Crippen molar-refractivity contribution in [3.05, 3.63) is 29.6 Å². The van der Waals surface area contributed by atoms with Crippen LogP contribution in [0.25, 0.3) is 0 Å². The molecule has 0 heterocycles. The molecule has 0 saturated carbocycles. The van der Waals surface area contributed by atoms with Gasteiger partial charge in [0.1, 0.15) is 5.82 Å². The summed E-state index contributed by atoms with van der Waals surface area (Å²) in [5.74, 6) is -0.980. The maximum atomic E-state index is 14.1. The lowest BCUT2D eigenvalue weighted by Gasteiger charge is -2.21. The van der Waals surface area contributed by atoms with Crippen LogP contribution < -0.4 is 10.6 Å². The minimum Gasteiger partial charge on any atom is -0.396 e. The number of benzene rings is 1. The molecule has 0 aliphatic heterocycles. The Hall–Kier alpha value is -1.95. The number of amides is 2. The van der Waals surface area contributed by atoms with E-state index in [9.17, 15) is 14.0 Å². The van der Waals surface area contributed by atoms with Gasteiger partial charge in [0.15, 0.2) is 0 Å². The van der Waals surface area contributed by atoms with Crippen LogP contribution in [0.15, 0.2) is 18.2 Å². The Bertz CT molecular complexity index is 573. The van der Waals surface area contributed by atoms with E-state index in [1.54, 1.807) is 0 Å². The van der Waals surface area contributed by atoms with E-state index in [4.69, 9.17) is 5.11 Å². The molecule has 0 aliphatic rings. The van der Waals surface area contributed by atoms with Gasteiger partial charge in [-0.3, -0.25) is 9.59 Å². The van der Waals surface area contributed by atoms with Crippen LogP contribution in [0.2, 0.25) is 0 Å². The zero-order valence-corrected chi connectivity index (χ0v) is 14.7. The van der Waals surface area contributed by atoms with Gasteiger partial charge in [-0.25, -0.2) is 4.39 Å². The second-order valence-electron chi connectivity index (χ2n) is 6.68. The SMILES string of the molecule is CC(C)CC(=O)Nc1ccc(C(=O)NC(CCO)C(C)C)cc1F. The molecule has 0 bridgehead atoms. The van der Waals surface area contributed by atoms with Gasteiger partial charge in [0.2, 0.25) is 5.91 Å². The van der Waals surface area contributed by atoms with Gasteiger partial charge < -0.3 is 15.7 Å². The number of carbonyl (C=O) groups excluding carboxylic acids is 2. The van der Waals surface area contributed by atoms with Crippen molar-refractivity contribution in [1.29, 1.82) is 0 Å². The molecule has 0 spiro atoms. The first kappa shape index (κ1) is 20.1. The van der Waals surface area contributed by atoms with Crippen LogP contribution >= 0.6 is 0 Å². The minimum atomic E-state index is -0.650. The average molecular weight is 338 g/mol. The first-order chi connectivity index (χ1) is 11.2. The summed E-state index contributed by atoms with van der Waals surface area (Å²) in [6, 6.07) is 3.78. The van der Waals surface area contributed by atoms with Crippen molar-refractivity contribution in [2.75, 3.05) is 11.9 Å². The van der Waals surface area contributed by atoms with Crippen LogP contribution in [0.1, 0.15) is 50.9 Å². The zero-order chi connectivity index (χ0) is 18.3. The van der Waals surface area contributed by atoms with Gasteiger partial charge in [-0.15, -0.1) is 0 Å². The van der Waals surface area contributed by atoms with Crippen molar-refractivity contribution < 1.29 is 19.1 Å². The molecular formula is C18H27FN2O3. The van der Waals surface area contributed by atoms with Gasteiger partial charge in [0, 0.05) is 24.6 Å². The highest BCUT2D eigenvalue weighted by Gasteiger charge is 2.18. The summed E-state index contributed by atoms with van der Waals surface area (Å²) in [5.41, 5.74) is 0.242. The highest BCUT2D eigenvalue weighted by molar-refractivity contribution is 5.96. The van der Waals surface area contributed by atoms with Gasteiger partial charge in [-0.2, -0.15) is 0 Å².